The summed E-state index contributed by atoms with van der Waals surface area (Å²) in [6.45, 7) is 14.2. The Balaban J connectivity index is 1.29. The molecule has 1 aromatic rings. The second kappa shape index (κ2) is 13.9. The molecule has 7 unspecified atom stereocenters. The Hall–Kier alpha value is -4.30. The Bertz CT molecular complexity index is 2030. The van der Waals surface area contributed by atoms with E-state index in [1.54, 1.807) is 0 Å². The van der Waals surface area contributed by atoms with E-state index >= 15 is 0 Å². The van der Waals surface area contributed by atoms with E-state index < -0.39 is 0 Å². The van der Waals surface area contributed by atoms with E-state index in [-0.39, 0.29) is 10.8 Å². The fourth-order valence-electron chi connectivity index (χ4n) is 9.62. The normalized spacial score (nSPS) is 30.3. The molecule has 2 heteroatoms. The van der Waals surface area contributed by atoms with E-state index in [4.69, 9.17) is 0 Å². The fourth-order valence-corrected chi connectivity index (χ4v) is 9.62. The summed E-state index contributed by atoms with van der Waals surface area (Å²) in [7, 11) is 0. The zero-order valence-electron chi connectivity index (χ0n) is 32.3. The maximum absolute atomic E-state index is 2.72. The lowest BCUT2D eigenvalue weighted by atomic mass is 9.66. The average Bonchev–Trinajstić information content (AvgIpc) is 3.16. The molecule has 2 nitrogen and oxygen atoms in total. The molecule has 0 amide bonds. The van der Waals surface area contributed by atoms with Gasteiger partial charge in [-0.15, -0.1) is 0 Å². The molecule has 0 heterocycles. The van der Waals surface area contributed by atoms with Gasteiger partial charge in [-0.1, -0.05) is 163 Å². The lowest BCUT2D eigenvalue weighted by Crippen LogP contribution is -2.48. The predicted octanol–water partition coefficient (Wildman–Crippen LogP) is 10.6. The summed E-state index contributed by atoms with van der Waals surface area (Å²) in [5.41, 5.74) is 7.62. The van der Waals surface area contributed by atoms with E-state index in [0.717, 1.165) is 32.1 Å². The molecule has 0 saturated heterocycles. The van der Waals surface area contributed by atoms with Gasteiger partial charge < -0.3 is 9.80 Å². The third-order valence-corrected chi connectivity index (χ3v) is 12.7. The number of benzene rings is 1. The monoisotopic (exact) mass is 686 g/mol. The summed E-state index contributed by atoms with van der Waals surface area (Å²) >= 11 is 0. The molecule has 268 valence electrons. The zero-order chi connectivity index (χ0) is 36.0. The summed E-state index contributed by atoms with van der Waals surface area (Å²) in [6.07, 6.45) is 50.8. The molecule has 0 spiro atoms. The number of hydrogen-bond acceptors (Lipinski definition) is 2. The van der Waals surface area contributed by atoms with Gasteiger partial charge in [0.2, 0.25) is 0 Å². The van der Waals surface area contributed by atoms with E-state index in [1.807, 2.05) is 0 Å². The van der Waals surface area contributed by atoms with Crippen molar-refractivity contribution in [2.45, 2.75) is 85.7 Å². The van der Waals surface area contributed by atoms with Crippen LogP contribution in [-0.4, -0.2) is 21.9 Å². The molecule has 0 aliphatic heterocycles. The van der Waals surface area contributed by atoms with Crippen molar-refractivity contribution in [1.29, 1.82) is 0 Å². The van der Waals surface area contributed by atoms with Gasteiger partial charge in [-0.05, 0) is 95.6 Å². The molecule has 0 saturated carbocycles. The van der Waals surface area contributed by atoms with Crippen molar-refractivity contribution >= 4 is 11.3 Å². The molecule has 52 heavy (non-hydrogen) atoms. The molecular formula is C50H58N2. The van der Waals surface area contributed by atoms with Crippen LogP contribution in [0.25, 0.3) is 11.3 Å². The predicted molar refractivity (Wildman–Crippen MR) is 221 cm³/mol. The number of allylic oxidation sites excluding steroid dienone is 15. The van der Waals surface area contributed by atoms with Crippen molar-refractivity contribution < 1.29 is 0 Å². The molecule has 7 atom stereocenters. The number of rotatable bonds is 6. The molecule has 7 aliphatic carbocycles. The van der Waals surface area contributed by atoms with Gasteiger partial charge >= 0.3 is 0 Å². The van der Waals surface area contributed by atoms with Crippen LogP contribution in [0.4, 0.5) is 0 Å². The lowest BCUT2D eigenvalue weighted by Gasteiger charge is -2.48. The molecular weight excluding hydrogens is 629 g/mol. The topological polar surface area (TPSA) is 6.48 Å². The van der Waals surface area contributed by atoms with Crippen LogP contribution in [0.15, 0.2) is 157 Å². The Morgan fingerprint density at radius 2 is 1.13 bits per heavy atom. The van der Waals surface area contributed by atoms with Crippen LogP contribution in [0.1, 0.15) is 73.6 Å². The van der Waals surface area contributed by atoms with Crippen molar-refractivity contribution in [3.05, 3.63) is 167 Å². The summed E-state index contributed by atoms with van der Waals surface area (Å²) < 4.78 is 0. The lowest BCUT2D eigenvalue weighted by molar-refractivity contribution is 0.268. The molecule has 7 aliphatic rings. The van der Waals surface area contributed by atoms with Crippen molar-refractivity contribution in [2.24, 2.45) is 40.4 Å². The molecule has 0 N–H and O–H groups in total. The Morgan fingerprint density at radius 3 is 1.69 bits per heavy atom. The molecule has 8 rings (SSSR count). The first-order valence-electron chi connectivity index (χ1n) is 20.0. The molecule has 1 aromatic carbocycles. The van der Waals surface area contributed by atoms with Crippen molar-refractivity contribution in [3.8, 4) is 0 Å². The van der Waals surface area contributed by atoms with Gasteiger partial charge in [0.15, 0.2) is 0 Å². The number of hydrogen-bond donors (Lipinski definition) is 0. The van der Waals surface area contributed by atoms with Crippen molar-refractivity contribution in [3.63, 3.8) is 0 Å². The van der Waals surface area contributed by atoms with Gasteiger partial charge in [0.1, 0.15) is 0 Å². The van der Waals surface area contributed by atoms with Gasteiger partial charge in [-0.2, -0.15) is 0 Å². The summed E-state index contributed by atoms with van der Waals surface area (Å²) in [4.78, 5) is 5.42. The molecule has 0 aromatic heterocycles. The third kappa shape index (κ3) is 6.59. The molecule has 0 radical (unpaired) electrons. The highest BCUT2D eigenvalue weighted by molar-refractivity contribution is 5.71. The van der Waals surface area contributed by atoms with Crippen molar-refractivity contribution in [2.75, 3.05) is 0 Å². The van der Waals surface area contributed by atoms with Gasteiger partial charge in [0, 0.05) is 33.9 Å². The molecule has 0 fully saturated rings. The van der Waals surface area contributed by atoms with Gasteiger partial charge in [-0.3, -0.25) is 0 Å². The van der Waals surface area contributed by atoms with Crippen molar-refractivity contribution in [1.82, 2.24) is 9.80 Å². The standard InChI is InChI=1S/C50H58N2/c1-49(2,3)35-25-29-39(30-26-35)51(37-17-9-7-10-18-37)47-33-45-42-22-14-16-24-44(42)48(34-46(45)41-21-13-15-23-43(41)47)52(38-19-11-8-12-20-38)40-31-27-36(28-32-40)50(4,5)6/h7-17,19,21-25,27,29-33,35-38,41,43,46H,18,20,26,28,34H2,1-6H3. The van der Waals surface area contributed by atoms with Crippen LogP contribution in [0, 0.1) is 40.4 Å². The minimum absolute atomic E-state index is 0.251. The summed E-state index contributed by atoms with van der Waals surface area (Å²) in [5.74, 6) is 2.19. The largest absolute Gasteiger partial charge is 0.338 e. The maximum atomic E-state index is 2.72. The van der Waals surface area contributed by atoms with Crippen LogP contribution in [-0.2, 0) is 0 Å². The first-order chi connectivity index (χ1) is 25.1. The zero-order valence-corrected chi connectivity index (χ0v) is 32.3. The summed E-state index contributed by atoms with van der Waals surface area (Å²) in [5, 5.41) is 2.80. The quantitative estimate of drug-likeness (QED) is 0.294. The minimum atomic E-state index is 0.251. The van der Waals surface area contributed by atoms with Crippen LogP contribution in [0.2, 0.25) is 0 Å². The third-order valence-electron chi connectivity index (χ3n) is 12.7. The smallest absolute Gasteiger partial charge is 0.0556 e. The highest BCUT2D eigenvalue weighted by atomic mass is 15.2. The van der Waals surface area contributed by atoms with E-state index in [9.17, 15) is 0 Å². The van der Waals surface area contributed by atoms with Crippen LogP contribution in [0.5, 0.6) is 0 Å². The Labute approximate surface area is 313 Å². The van der Waals surface area contributed by atoms with E-state index in [1.165, 1.54) is 38.8 Å². The first-order valence-corrected chi connectivity index (χ1v) is 20.0. The fraction of sp³-hybridized carbons (Fsp3) is 0.400. The first kappa shape index (κ1) is 34.8. The number of nitrogens with zero attached hydrogens (tertiary/aromatic N) is 2. The summed E-state index contributed by atoms with van der Waals surface area (Å²) in [6, 6.07) is 9.91. The molecule has 0 bridgehead atoms. The van der Waals surface area contributed by atoms with Gasteiger partial charge in [0.05, 0.1) is 12.1 Å². The maximum Gasteiger partial charge on any atom is 0.0556 e. The highest BCUT2D eigenvalue weighted by Gasteiger charge is 2.42. The Kier molecular flexibility index (Phi) is 9.31. The minimum Gasteiger partial charge on any atom is -0.338 e. The highest BCUT2D eigenvalue weighted by Crippen LogP contribution is 2.49. The van der Waals surface area contributed by atoms with Crippen LogP contribution >= 0.6 is 0 Å². The van der Waals surface area contributed by atoms with E-state index in [0.29, 0.717) is 41.7 Å². The number of fused-ring (bicyclic) bond motifs is 4. The van der Waals surface area contributed by atoms with Crippen LogP contribution < -0.4 is 10.4 Å². The van der Waals surface area contributed by atoms with Gasteiger partial charge in [-0.25, -0.2) is 0 Å². The van der Waals surface area contributed by atoms with Crippen LogP contribution in [0.3, 0.4) is 0 Å². The second-order valence-corrected chi connectivity index (χ2v) is 18.1. The SMILES string of the molecule is CC(C)(C)C1C=CC(N(C2=CC3=c4ccccc4=C(N(C4=CCC(C(C)(C)C)C=C4)C4C=CC=CC4)CC3C3C=CC=CC23)C2C=CC=CC2)=CC1. The Morgan fingerprint density at radius 1 is 0.577 bits per heavy atom. The van der Waals surface area contributed by atoms with Gasteiger partial charge in [0.25, 0.3) is 0 Å². The van der Waals surface area contributed by atoms with E-state index in [2.05, 4.69) is 191 Å². The second-order valence-electron chi connectivity index (χ2n) is 18.1. The average molecular weight is 687 g/mol.